The van der Waals surface area contributed by atoms with Gasteiger partial charge in [0.05, 0.1) is 6.61 Å². The van der Waals surface area contributed by atoms with Gasteiger partial charge in [0, 0.05) is 52.4 Å². The highest BCUT2D eigenvalue weighted by atomic mass is 16.5. The first-order valence-electron chi connectivity index (χ1n) is 7.94. The lowest BCUT2D eigenvalue weighted by Gasteiger charge is -2.40. The van der Waals surface area contributed by atoms with Crippen molar-refractivity contribution in [1.82, 2.24) is 20.0 Å². The SMILES string of the molecule is COCCN1CCN(CCN2C(=O)NC(C)(C)C2=O)C[C@@H]1C. The van der Waals surface area contributed by atoms with Crippen LogP contribution in [0, 0.1) is 0 Å². The van der Waals surface area contributed by atoms with Crippen LogP contribution in [-0.2, 0) is 9.53 Å². The highest BCUT2D eigenvalue weighted by molar-refractivity contribution is 6.06. The number of nitrogens with zero attached hydrogens (tertiary/aromatic N) is 3. The van der Waals surface area contributed by atoms with Gasteiger partial charge in [0.2, 0.25) is 0 Å². The van der Waals surface area contributed by atoms with Crippen molar-refractivity contribution in [3.8, 4) is 0 Å². The molecule has 2 aliphatic rings. The highest BCUT2D eigenvalue weighted by Crippen LogP contribution is 2.17. The maximum absolute atomic E-state index is 12.1. The molecule has 1 atom stereocenters. The number of piperazine rings is 1. The Labute approximate surface area is 132 Å². The number of ether oxygens (including phenoxy) is 1. The Kier molecular flexibility index (Phi) is 5.41. The van der Waals surface area contributed by atoms with Crippen LogP contribution < -0.4 is 5.32 Å². The fraction of sp³-hybridized carbons (Fsp3) is 0.867. The van der Waals surface area contributed by atoms with E-state index in [2.05, 4.69) is 22.0 Å². The van der Waals surface area contributed by atoms with Gasteiger partial charge in [-0.05, 0) is 20.8 Å². The van der Waals surface area contributed by atoms with Gasteiger partial charge in [0.15, 0.2) is 0 Å². The molecule has 2 fully saturated rings. The minimum Gasteiger partial charge on any atom is -0.383 e. The van der Waals surface area contributed by atoms with E-state index in [1.54, 1.807) is 21.0 Å². The van der Waals surface area contributed by atoms with Gasteiger partial charge in [-0.25, -0.2) is 4.79 Å². The quantitative estimate of drug-likeness (QED) is 0.698. The average molecular weight is 312 g/mol. The maximum Gasteiger partial charge on any atom is 0.325 e. The van der Waals surface area contributed by atoms with Gasteiger partial charge in [-0.3, -0.25) is 19.5 Å². The van der Waals surface area contributed by atoms with Crippen molar-refractivity contribution < 1.29 is 14.3 Å². The van der Waals surface area contributed by atoms with Crippen molar-refractivity contribution in [1.29, 1.82) is 0 Å². The number of urea groups is 1. The first-order valence-corrected chi connectivity index (χ1v) is 7.94. The Balaban J connectivity index is 1.79. The Morgan fingerprint density at radius 2 is 1.95 bits per heavy atom. The third-order valence-electron chi connectivity index (χ3n) is 4.52. The molecule has 0 aromatic carbocycles. The van der Waals surface area contributed by atoms with E-state index >= 15 is 0 Å². The summed E-state index contributed by atoms with van der Waals surface area (Å²) >= 11 is 0. The average Bonchev–Trinajstić information content (AvgIpc) is 2.64. The van der Waals surface area contributed by atoms with Crippen LogP contribution in [0.1, 0.15) is 20.8 Å². The van der Waals surface area contributed by atoms with Crippen molar-refractivity contribution in [3.63, 3.8) is 0 Å². The van der Waals surface area contributed by atoms with Crippen molar-refractivity contribution in [3.05, 3.63) is 0 Å². The van der Waals surface area contributed by atoms with Crippen LogP contribution in [-0.4, -0.2) is 91.2 Å². The number of methoxy groups -OCH3 is 1. The number of carbonyl (C=O) groups is 2. The lowest BCUT2D eigenvalue weighted by atomic mass is 10.1. The van der Waals surface area contributed by atoms with E-state index in [0.717, 1.165) is 39.3 Å². The van der Waals surface area contributed by atoms with Gasteiger partial charge in [0.1, 0.15) is 5.54 Å². The van der Waals surface area contributed by atoms with Crippen molar-refractivity contribution in [2.24, 2.45) is 0 Å². The third-order valence-corrected chi connectivity index (χ3v) is 4.52. The van der Waals surface area contributed by atoms with Crippen LogP contribution >= 0.6 is 0 Å². The smallest absolute Gasteiger partial charge is 0.325 e. The summed E-state index contributed by atoms with van der Waals surface area (Å²) in [5.41, 5.74) is -0.775. The summed E-state index contributed by atoms with van der Waals surface area (Å²) in [7, 11) is 1.72. The highest BCUT2D eigenvalue weighted by Gasteiger charge is 2.44. The summed E-state index contributed by atoms with van der Waals surface area (Å²) in [6, 6.07) is 0.185. The molecule has 0 unspecified atom stereocenters. The van der Waals surface area contributed by atoms with Crippen molar-refractivity contribution >= 4 is 11.9 Å². The first kappa shape index (κ1) is 17.2. The maximum atomic E-state index is 12.1. The summed E-state index contributed by atoms with van der Waals surface area (Å²) in [5.74, 6) is -0.135. The first-order chi connectivity index (χ1) is 10.3. The van der Waals surface area contributed by atoms with Gasteiger partial charge in [-0.15, -0.1) is 0 Å². The summed E-state index contributed by atoms with van der Waals surface area (Å²) in [6.07, 6.45) is 0. The van der Waals surface area contributed by atoms with Crippen LogP contribution in [0.25, 0.3) is 0 Å². The second-order valence-electron chi connectivity index (χ2n) is 6.69. The summed E-state index contributed by atoms with van der Waals surface area (Å²) in [5, 5.41) is 2.72. The predicted octanol–water partition coefficient (Wildman–Crippen LogP) is -0.0307. The van der Waals surface area contributed by atoms with Gasteiger partial charge < -0.3 is 10.1 Å². The van der Waals surface area contributed by atoms with Gasteiger partial charge in [-0.1, -0.05) is 0 Å². The molecule has 2 saturated heterocycles. The van der Waals surface area contributed by atoms with Gasteiger partial charge >= 0.3 is 6.03 Å². The molecule has 0 aromatic rings. The Morgan fingerprint density at radius 1 is 1.23 bits per heavy atom. The minimum absolute atomic E-state index is 0.135. The molecule has 3 amide bonds. The van der Waals surface area contributed by atoms with Crippen LogP contribution in [0.2, 0.25) is 0 Å². The number of nitrogens with one attached hydrogen (secondary N) is 1. The molecule has 0 aromatic heterocycles. The van der Waals surface area contributed by atoms with E-state index in [0.29, 0.717) is 12.6 Å². The zero-order valence-corrected chi connectivity index (χ0v) is 14.1. The van der Waals surface area contributed by atoms with Gasteiger partial charge in [0.25, 0.3) is 5.91 Å². The van der Waals surface area contributed by atoms with Crippen LogP contribution in [0.15, 0.2) is 0 Å². The molecule has 2 heterocycles. The molecule has 1 N–H and O–H groups in total. The molecule has 126 valence electrons. The third kappa shape index (κ3) is 3.77. The molecule has 0 spiro atoms. The fourth-order valence-corrected chi connectivity index (χ4v) is 3.08. The van der Waals surface area contributed by atoms with Crippen LogP contribution in [0.3, 0.4) is 0 Å². The normalized spacial score (nSPS) is 26.5. The molecule has 22 heavy (non-hydrogen) atoms. The Bertz CT molecular complexity index is 427. The zero-order valence-electron chi connectivity index (χ0n) is 14.1. The largest absolute Gasteiger partial charge is 0.383 e. The number of carbonyl (C=O) groups excluding carboxylic acids is 2. The lowest BCUT2D eigenvalue weighted by Crippen LogP contribution is -2.54. The van der Waals surface area contributed by atoms with Crippen LogP contribution in [0.4, 0.5) is 4.79 Å². The zero-order chi connectivity index (χ0) is 16.3. The summed E-state index contributed by atoms with van der Waals surface area (Å²) in [4.78, 5) is 30.1. The molecular formula is C15H28N4O3. The fourth-order valence-electron chi connectivity index (χ4n) is 3.08. The molecule has 2 rings (SSSR count). The molecule has 0 bridgehead atoms. The second kappa shape index (κ2) is 6.93. The van der Waals surface area contributed by atoms with E-state index < -0.39 is 5.54 Å². The van der Waals surface area contributed by atoms with Gasteiger partial charge in [-0.2, -0.15) is 0 Å². The predicted molar refractivity (Wildman–Crippen MR) is 83.7 cm³/mol. The monoisotopic (exact) mass is 312 g/mol. The van der Waals surface area contributed by atoms with Crippen molar-refractivity contribution in [2.75, 3.05) is 53.0 Å². The number of rotatable bonds is 6. The Hall–Kier alpha value is -1.18. The number of hydrogen-bond donors (Lipinski definition) is 1. The number of hydrogen-bond acceptors (Lipinski definition) is 5. The molecular weight excluding hydrogens is 284 g/mol. The molecule has 2 aliphatic heterocycles. The van der Waals surface area contributed by atoms with E-state index in [1.165, 1.54) is 4.90 Å². The molecule has 7 heteroatoms. The standard InChI is InChI=1S/C15H28N4O3/c1-12-11-17(5-7-18(12)9-10-22-4)6-8-19-13(20)15(2,3)16-14(19)21/h12H,5-11H2,1-4H3,(H,16,21)/t12-/m0/s1. The van der Waals surface area contributed by atoms with E-state index in [1.807, 2.05) is 0 Å². The minimum atomic E-state index is -0.775. The second-order valence-corrected chi connectivity index (χ2v) is 6.69. The summed E-state index contributed by atoms with van der Waals surface area (Å²) < 4.78 is 5.13. The number of amides is 3. The van der Waals surface area contributed by atoms with Crippen LogP contribution in [0.5, 0.6) is 0 Å². The molecule has 0 saturated carbocycles. The lowest BCUT2D eigenvalue weighted by molar-refractivity contribution is -0.130. The van der Waals surface area contributed by atoms with E-state index in [4.69, 9.17) is 4.74 Å². The van der Waals surface area contributed by atoms with E-state index in [9.17, 15) is 9.59 Å². The topological polar surface area (TPSA) is 65.1 Å². The molecule has 7 nitrogen and oxygen atoms in total. The van der Waals surface area contributed by atoms with Crippen molar-refractivity contribution in [2.45, 2.75) is 32.4 Å². The summed E-state index contributed by atoms with van der Waals surface area (Å²) in [6.45, 7) is 11.5. The van der Waals surface area contributed by atoms with E-state index in [-0.39, 0.29) is 11.9 Å². The number of imide groups is 1. The molecule has 0 radical (unpaired) electrons. The molecule has 0 aliphatic carbocycles. The Morgan fingerprint density at radius 3 is 2.50 bits per heavy atom.